The average molecular weight is 252 g/mol. The zero-order valence-corrected chi connectivity index (χ0v) is 11.9. The van der Waals surface area contributed by atoms with Crippen molar-refractivity contribution in [1.82, 2.24) is 10.6 Å². The minimum atomic E-state index is 0.167. The molecule has 0 atom stereocenters. The van der Waals surface area contributed by atoms with Crippen LogP contribution in [-0.2, 0) is 4.79 Å². The van der Waals surface area contributed by atoms with Gasteiger partial charge in [0, 0.05) is 6.54 Å². The maximum absolute atomic E-state index is 11.6. The fourth-order valence-electron chi connectivity index (χ4n) is 2.70. The molecule has 0 aromatic carbocycles. The number of rotatable bonds is 6. The second kappa shape index (κ2) is 6.05. The number of hydrogen-bond donors (Lipinski definition) is 2. The van der Waals surface area contributed by atoms with Crippen LogP contribution in [0.2, 0.25) is 0 Å². The lowest BCUT2D eigenvalue weighted by Crippen LogP contribution is -2.38. The van der Waals surface area contributed by atoms with Crippen molar-refractivity contribution < 1.29 is 4.79 Å². The minimum Gasteiger partial charge on any atom is -0.355 e. The number of nitrogens with one attached hydrogen (secondary N) is 2. The van der Waals surface area contributed by atoms with Gasteiger partial charge in [-0.25, -0.2) is 0 Å². The molecule has 3 nitrogen and oxygen atoms in total. The maximum Gasteiger partial charge on any atom is 0.233 e. The van der Waals surface area contributed by atoms with Crippen molar-refractivity contribution >= 4 is 5.91 Å². The molecule has 2 aliphatic carbocycles. The molecule has 104 valence electrons. The normalized spacial score (nSPS) is 23.9. The molecule has 3 heteroatoms. The Morgan fingerprint density at radius 2 is 1.67 bits per heavy atom. The first-order chi connectivity index (χ1) is 8.55. The van der Waals surface area contributed by atoms with E-state index in [9.17, 15) is 4.79 Å². The average Bonchev–Trinajstić information content (AvgIpc) is 3.12. The van der Waals surface area contributed by atoms with Gasteiger partial charge < -0.3 is 10.6 Å². The van der Waals surface area contributed by atoms with E-state index < -0.39 is 0 Å². The van der Waals surface area contributed by atoms with Gasteiger partial charge in [0.15, 0.2) is 0 Å². The van der Waals surface area contributed by atoms with Crippen LogP contribution in [0.4, 0.5) is 0 Å². The van der Waals surface area contributed by atoms with E-state index >= 15 is 0 Å². The maximum atomic E-state index is 11.6. The highest BCUT2D eigenvalue weighted by atomic mass is 16.1. The Morgan fingerprint density at radius 3 is 2.28 bits per heavy atom. The van der Waals surface area contributed by atoms with E-state index in [1.165, 1.54) is 38.5 Å². The van der Waals surface area contributed by atoms with Crippen LogP contribution in [-0.4, -0.2) is 25.5 Å². The van der Waals surface area contributed by atoms with Gasteiger partial charge in [-0.05, 0) is 62.3 Å². The van der Waals surface area contributed by atoms with Crippen molar-refractivity contribution in [3.05, 3.63) is 0 Å². The molecule has 0 aromatic rings. The summed E-state index contributed by atoms with van der Waals surface area (Å²) in [6.45, 7) is 7.09. The van der Waals surface area contributed by atoms with E-state index in [2.05, 4.69) is 24.5 Å². The van der Waals surface area contributed by atoms with Gasteiger partial charge in [-0.2, -0.15) is 0 Å². The van der Waals surface area contributed by atoms with Crippen molar-refractivity contribution in [2.75, 3.05) is 19.6 Å². The molecule has 0 saturated heterocycles. The highest BCUT2D eigenvalue weighted by molar-refractivity contribution is 5.77. The summed E-state index contributed by atoms with van der Waals surface area (Å²) >= 11 is 0. The molecule has 0 heterocycles. The summed E-state index contributed by atoms with van der Waals surface area (Å²) in [5, 5.41) is 6.31. The molecule has 2 fully saturated rings. The molecule has 2 aliphatic rings. The largest absolute Gasteiger partial charge is 0.355 e. The molecule has 2 N–H and O–H groups in total. The third-order valence-electron chi connectivity index (χ3n) is 4.46. The van der Waals surface area contributed by atoms with E-state index in [-0.39, 0.29) is 5.91 Å². The molecule has 2 rings (SSSR count). The van der Waals surface area contributed by atoms with Gasteiger partial charge in [0.05, 0.1) is 6.54 Å². The van der Waals surface area contributed by atoms with E-state index in [1.807, 2.05) is 0 Å². The second-order valence-electron chi connectivity index (χ2n) is 6.99. The van der Waals surface area contributed by atoms with Gasteiger partial charge in [-0.3, -0.25) is 4.79 Å². The molecular weight excluding hydrogens is 224 g/mol. The van der Waals surface area contributed by atoms with Gasteiger partial charge in [0.2, 0.25) is 5.91 Å². The van der Waals surface area contributed by atoms with Gasteiger partial charge >= 0.3 is 0 Å². The summed E-state index contributed by atoms with van der Waals surface area (Å²) in [6.07, 6.45) is 7.81. The van der Waals surface area contributed by atoms with Gasteiger partial charge in [-0.1, -0.05) is 13.8 Å². The molecule has 1 amide bonds. The van der Waals surface area contributed by atoms with Crippen molar-refractivity contribution in [2.45, 2.75) is 52.4 Å². The smallest absolute Gasteiger partial charge is 0.233 e. The quantitative estimate of drug-likeness (QED) is 0.761. The van der Waals surface area contributed by atoms with Crippen LogP contribution < -0.4 is 10.6 Å². The molecule has 2 saturated carbocycles. The Balaban J connectivity index is 1.52. The van der Waals surface area contributed by atoms with Gasteiger partial charge in [-0.15, -0.1) is 0 Å². The van der Waals surface area contributed by atoms with Gasteiger partial charge in [0.1, 0.15) is 0 Å². The lowest BCUT2D eigenvalue weighted by Gasteiger charge is -2.34. The topological polar surface area (TPSA) is 41.1 Å². The Labute approximate surface area is 111 Å². The lowest BCUT2D eigenvalue weighted by atomic mass is 9.73. The standard InChI is InChI=1S/C15H28N2O/c1-15(2)7-5-13(6-8-15)10-17-14(18)11-16-9-12-3-4-12/h12-13,16H,3-11H2,1-2H3,(H,17,18). The van der Waals surface area contributed by atoms with Crippen LogP contribution in [0, 0.1) is 17.3 Å². The number of amides is 1. The highest BCUT2D eigenvalue weighted by Gasteiger charge is 2.26. The van der Waals surface area contributed by atoms with Crippen LogP contribution in [0.15, 0.2) is 0 Å². The molecule has 0 spiro atoms. The Kier molecular flexibility index (Phi) is 4.66. The van der Waals surface area contributed by atoms with Crippen molar-refractivity contribution in [3.8, 4) is 0 Å². The first-order valence-electron chi connectivity index (χ1n) is 7.52. The Morgan fingerprint density at radius 1 is 1.06 bits per heavy atom. The van der Waals surface area contributed by atoms with Crippen molar-refractivity contribution in [3.63, 3.8) is 0 Å². The van der Waals surface area contributed by atoms with Crippen LogP contribution in [0.5, 0.6) is 0 Å². The number of carbonyl (C=O) groups excluding carboxylic acids is 1. The van der Waals surface area contributed by atoms with Crippen molar-refractivity contribution in [2.24, 2.45) is 17.3 Å². The summed E-state index contributed by atoms with van der Waals surface area (Å²) in [5.74, 6) is 1.71. The number of carbonyl (C=O) groups is 1. The second-order valence-corrected chi connectivity index (χ2v) is 6.99. The summed E-state index contributed by atoms with van der Waals surface area (Å²) in [5.41, 5.74) is 0.520. The van der Waals surface area contributed by atoms with Crippen LogP contribution in [0.25, 0.3) is 0 Å². The molecular formula is C15H28N2O. The summed E-state index contributed by atoms with van der Waals surface area (Å²) in [6, 6.07) is 0. The van der Waals surface area contributed by atoms with E-state index in [4.69, 9.17) is 0 Å². The summed E-state index contributed by atoms with van der Waals surface area (Å²) < 4.78 is 0. The zero-order valence-electron chi connectivity index (χ0n) is 11.9. The van der Waals surface area contributed by atoms with E-state index in [1.54, 1.807) is 0 Å². The summed E-state index contributed by atoms with van der Waals surface area (Å²) in [7, 11) is 0. The SMILES string of the molecule is CC1(C)CCC(CNC(=O)CNCC2CC2)CC1. The predicted octanol–water partition coefficient (Wildman–Crippen LogP) is 2.32. The third kappa shape index (κ3) is 4.97. The highest BCUT2D eigenvalue weighted by Crippen LogP contribution is 2.37. The van der Waals surface area contributed by atoms with Crippen LogP contribution in [0.3, 0.4) is 0 Å². The first kappa shape index (κ1) is 13.9. The summed E-state index contributed by atoms with van der Waals surface area (Å²) in [4.78, 5) is 11.6. The molecule has 0 aromatic heterocycles. The minimum absolute atomic E-state index is 0.167. The van der Waals surface area contributed by atoms with Gasteiger partial charge in [0.25, 0.3) is 0 Å². The monoisotopic (exact) mass is 252 g/mol. The van der Waals surface area contributed by atoms with Crippen LogP contribution >= 0.6 is 0 Å². The van der Waals surface area contributed by atoms with E-state index in [0.29, 0.717) is 17.9 Å². The molecule has 0 bridgehead atoms. The molecule has 18 heavy (non-hydrogen) atoms. The fraction of sp³-hybridized carbons (Fsp3) is 0.933. The molecule has 0 unspecified atom stereocenters. The van der Waals surface area contributed by atoms with Crippen LogP contribution in [0.1, 0.15) is 52.4 Å². The molecule has 0 radical (unpaired) electrons. The number of hydrogen-bond acceptors (Lipinski definition) is 2. The lowest BCUT2D eigenvalue weighted by molar-refractivity contribution is -0.120. The van der Waals surface area contributed by atoms with E-state index in [0.717, 1.165) is 19.0 Å². The Hall–Kier alpha value is -0.570. The van der Waals surface area contributed by atoms with Crippen molar-refractivity contribution in [1.29, 1.82) is 0 Å². The third-order valence-corrected chi connectivity index (χ3v) is 4.46. The first-order valence-corrected chi connectivity index (χ1v) is 7.52. The molecule has 0 aliphatic heterocycles. The zero-order chi connectivity index (χ0) is 13.0. The predicted molar refractivity (Wildman–Crippen MR) is 74.3 cm³/mol. The fourth-order valence-corrected chi connectivity index (χ4v) is 2.70. The Bertz CT molecular complexity index is 274.